The summed E-state index contributed by atoms with van der Waals surface area (Å²) >= 11 is 2.20. The molecule has 2 aromatic heterocycles. The van der Waals surface area contributed by atoms with E-state index in [4.69, 9.17) is 9.47 Å². The Morgan fingerprint density at radius 1 is 1.26 bits per heavy atom. The molecule has 0 amide bonds. The number of pyridine rings is 1. The summed E-state index contributed by atoms with van der Waals surface area (Å²) in [4.78, 5) is 14.9. The van der Waals surface area contributed by atoms with Gasteiger partial charge in [0.1, 0.15) is 6.61 Å². The van der Waals surface area contributed by atoms with Crippen molar-refractivity contribution in [3.8, 4) is 5.75 Å². The maximum atomic E-state index is 12.5. The molecule has 0 spiro atoms. The van der Waals surface area contributed by atoms with Crippen LogP contribution >= 0.6 is 22.6 Å². The Bertz CT molecular complexity index is 692. The Balaban J connectivity index is 1.72. The number of piperidine rings is 1. The molecular formula is C17H21IN2O3. The van der Waals surface area contributed by atoms with E-state index in [9.17, 15) is 4.79 Å². The summed E-state index contributed by atoms with van der Waals surface area (Å²) in [5.41, 5.74) is 1.42. The number of nitrogens with zero attached hydrogens (tertiary/aromatic N) is 2. The fraction of sp³-hybridized carbons (Fsp3) is 0.471. The molecule has 0 bridgehead atoms. The second-order valence-corrected chi connectivity index (χ2v) is 6.77. The normalized spacial score (nSPS) is 15.7. The smallest absolute Gasteiger partial charge is 0.359 e. The Labute approximate surface area is 149 Å². The van der Waals surface area contributed by atoms with Crippen LogP contribution in [0.1, 0.15) is 29.8 Å². The van der Waals surface area contributed by atoms with E-state index in [1.165, 1.54) is 19.3 Å². The van der Waals surface area contributed by atoms with Gasteiger partial charge in [0.05, 0.1) is 16.2 Å². The van der Waals surface area contributed by atoms with Gasteiger partial charge in [-0.05, 0) is 60.7 Å². The predicted octanol–water partition coefficient (Wildman–Crippen LogP) is 3.20. The molecule has 0 radical (unpaired) electrons. The van der Waals surface area contributed by atoms with Crippen molar-refractivity contribution in [2.45, 2.75) is 19.3 Å². The highest BCUT2D eigenvalue weighted by Gasteiger charge is 2.24. The fourth-order valence-electron chi connectivity index (χ4n) is 3.04. The predicted molar refractivity (Wildman–Crippen MR) is 97.2 cm³/mol. The van der Waals surface area contributed by atoms with Crippen molar-refractivity contribution in [1.29, 1.82) is 0 Å². The number of carbonyl (C=O) groups excluding carboxylic acids is 1. The molecule has 0 atom stereocenters. The standard InChI is InChI=1S/C17H21IN2O3/c1-22-16-14(18)13-7-3-6-10-20(13)15(16)17(21)23-12-11-19-8-4-2-5-9-19/h3,6-7,10H,2,4-5,8-9,11-12H2,1H3. The largest absolute Gasteiger partial charge is 0.493 e. The molecule has 6 heteroatoms. The average molecular weight is 428 g/mol. The summed E-state index contributed by atoms with van der Waals surface area (Å²) in [5, 5.41) is 0. The van der Waals surface area contributed by atoms with Gasteiger partial charge in [-0.25, -0.2) is 4.79 Å². The van der Waals surface area contributed by atoms with Crippen molar-refractivity contribution >= 4 is 34.1 Å². The minimum atomic E-state index is -0.331. The van der Waals surface area contributed by atoms with Gasteiger partial charge in [0.2, 0.25) is 0 Å². The minimum Gasteiger partial charge on any atom is -0.493 e. The summed E-state index contributed by atoms with van der Waals surface area (Å²) in [6.45, 7) is 3.42. The number of aromatic nitrogens is 1. The number of likely N-dealkylation sites (tertiary alicyclic amines) is 1. The number of methoxy groups -OCH3 is 1. The summed E-state index contributed by atoms with van der Waals surface area (Å²) in [7, 11) is 1.58. The summed E-state index contributed by atoms with van der Waals surface area (Å²) in [6, 6.07) is 5.81. The van der Waals surface area contributed by atoms with E-state index in [2.05, 4.69) is 27.5 Å². The Morgan fingerprint density at radius 2 is 2.04 bits per heavy atom. The lowest BCUT2D eigenvalue weighted by Gasteiger charge is -2.25. The van der Waals surface area contributed by atoms with Gasteiger partial charge in [-0.1, -0.05) is 12.5 Å². The van der Waals surface area contributed by atoms with E-state index in [1.807, 2.05) is 28.8 Å². The molecule has 0 aromatic carbocycles. The highest BCUT2D eigenvalue weighted by Crippen LogP contribution is 2.32. The number of hydrogen-bond donors (Lipinski definition) is 0. The second kappa shape index (κ2) is 7.53. The minimum absolute atomic E-state index is 0.331. The summed E-state index contributed by atoms with van der Waals surface area (Å²) < 4.78 is 13.7. The molecule has 0 unspecified atom stereocenters. The lowest BCUT2D eigenvalue weighted by atomic mass is 10.1. The van der Waals surface area contributed by atoms with Crippen molar-refractivity contribution in [3.05, 3.63) is 33.7 Å². The third kappa shape index (κ3) is 3.47. The van der Waals surface area contributed by atoms with Crippen LogP contribution < -0.4 is 4.74 Å². The topological polar surface area (TPSA) is 43.2 Å². The van der Waals surface area contributed by atoms with Gasteiger partial charge in [-0.2, -0.15) is 0 Å². The van der Waals surface area contributed by atoms with Crippen molar-refractivity contribution < 1.29 is 14.3 Å². The van der Waals surface area contributed by atoms with Crippen LogP contribution in [0.4, 0.5) is 0 Å². The van der Waals surface area contributed by atoms with Gasteiger partial charge >= 0.3 is 5.97 Å². The molecule has 1 saturated heterocycles. The van der Waals surface area contributed by atoms with Crippen molar-refractivity contribution in [2.75, 3.05) is 33.4 Å². The molecule has 3 heterocycles. The molecular weight excluding hydrogens is 407 g/mol. The molecule has 1 fully saturated rings. The third-order valence-electron chi connectivity index (χ3n) is 4.23. The summed E-state index contributed by atoms with van der Waals surface area (Å²) in [5.74, 6) is 0.253. The maximum absolute atomic E-state index is 12.5. The number of fused-ring (bicyclic) bond motifs is 1. The van der Waals surface area contributed by atoms with Gasteiger partial charge in [-0.15, -0.1) is 0 Å². The molecule has 3 rings (SSSR count). The van der Waals surface area contributed by atoms with Gasteiger partial charge in [0.25, 0.3) is 0 Å². The number of rotatable bonds is 5. The first-order chi connectivity index (χ1) is 11.2. The quantitative estimate of drug-likeness (QED) is 0.542. The number of hydrogen-bond acceptors (Lipinski definition) is 4. The Kier molecular flexibility index (Phi) is 5.42. The van der Waals surface area contributed by atoms with Crippen LogP contribution in [0.25, 0.3) is 5.52 Å². The number of carbonyl (C=O) groups is 1. The molecule has 1 aliphatic rings. The van der Waals surface area contributed by atoms with Gasteiger partial charge in [0, 0.05) is 12.7 Å². The van der Waals surface area contributed by atoms with E-state index in [0.717, 1.165) is 28.7 Å². The fourth-order valence-corrected chi connectivity index (χ4v) is 3.96. The first-order valence-electron chi connectivity index (χ1n) is 7.94. The zero-order valence-corrected chi connectivity index (χ0v) is 15.4. The van der Waals surface area contributed by atoms with E-state index >= 15 is 0 Å². The van der Waals surface area contributed by atoms with Crippen LogP contribution in [0.5, 0.6) is 5.75 Å². The zero-order valence-electron chi connectivity index (χ0n) is 13.3. The Hall–Kier alpha value is -1.28. The van der Waals surface area contributed by atoms with Gasteiger partial charge < -0.3 is 13.9 Å². The molecule has 2 aromatic rings. The van der Waals surface area contributed by atoms with E-state index in [0.29, 0.717) is 18.1 Å². The van der Waals surface area contributed by atoms with Crippen LogP contribution in [0.2, 0.25) is 0 Å². The molecule has 1 aliphatic heterocycles. The highest BCUT2D eigenvalue weighted by molar-refractivity contribution is 14.1. The zero-order chi connectivity index (χ0) is 16.2. The SMILES string of the molecule is COc1c(I)c2ccccn2c1C(=O)OCCN1CCCCC1. The molecule has 124 valence electrons. The van der Waals surface area contributed by atoms with Crippen LogP contribution in [-0.4, -0.2) is 48.6 Å². The number of esters is 1. The van der Waals surface area contributed by atoms with Crippen LogP contribution in [0.3, 0.4) is 0 Å². The van der Waals surface area contributed by atoms with Crippen LogP contribution in [0.15, 0.2) is 24.4 Å². The van der Waals surface area contributed by atoms with Crippen molar-refractivity contribution in [3.63, 3.8) is 0 Å². The lowest BCUT2D eigenvalue weighted by molar-refractivity contribution is 0.0440. The van der Waals surface area contributed by atoms with Crippen molar-refractivity contribution in [1.82, 2.24) is 9.30 Å². The van der Waals surface area contributed by atoms with E-state index < -0.39 is 0 Å². The van der Waals surface area contributed by atoms with E-state index in [-0.39, 0.29) is 5.97 Å². The van der Waals surface area contributed by atoms with Gasteiger partial charge in [-0.3, -0.25) is 4.90 Å². The lowest BCUT2D eigenvalue weighted by Crippen LogP contribution is -2.33. The molecule has 0 saturated carbocycles. The molecule has 0 aliphatic carbocycles. The Morgan fingerprint density at radius 3 is 2.78 bits per heavy atom. The van der Waals surface area contributed by atoms with Crippen LogP contribution in [0, 0.1) is 3.57 Å². The maximum Gasteiger partial charge on any atom is 0.359 e. The first-order valence-corrected chi connectivity index (χ1v) is 9.02. The molecule has 0 N–H and O–H groups in total. The average Bonchev–Trinajstić information content (AvgIpc) is 2.88. The number of halogens is 1. The monoisotopic (exact) mass is 428 g/mol. The second-order valence-electron chi connectivity index (χ2n) is 5.69. The third-order valence-corrected chi connectivity index (χ3v) is 5.27. The van der Waals surface area contributed by atoms with Gasteiger partial charge in [0.15, 0.2) is 11.4 Å². The highest BCUT2D eigenvalue weighted by atomic mass is 127. The molecule has 23 heavy (non-hydrogen) atoms. The molecule has 5 nitrogen and oxygen atoms in total. The van der Waals surface area contributed by atoms with E-state index in [1.54, 1.807) is 7.11 Å². The van der Waals surface area contributed by atoms with Crippen molar-refractivity contribution in [2.24, 2.45) is 0 Å². The summed E-state index contributed by atoms with van der Waals surface area (Å²) in [6.07, 6.45) is 5.65. The first kappa shape index (κ1) is 16.6. The van der Waals surface area contributed by atoms with Crippen LogP contribution in [-0.2, 0) is 4.74 Å². The number of ether oxygens (including phenoxy) is 2.